The number of benzene rings is 2. The Morgan fingerprint density at radius 1 is 1.18 bits per heavy atom. The van der Waals surface area contributed by atoms with E-state index in [9.17, 15) is 13.6 Å². The van der Waals surface area contributed by atoms with Crippen LogP contribution in [0.3, 0.4) is 0 Å². The Bertz CT molecular complexity index is 814. The summed E-state index contributed by atoms with van der Waals surface area (Å²) in [6.07, 6.45) is 1.10. The molecule has 3 rings (SSSR count). The van der Waals surface area contributed by atoms with Crippen molar-refractivity contribution in [3.63, 3.8) is 0 Å². The largest absolute Gasteiger partial charge is 0.486 e. The van der Waals surface area contributed by atoms with Gasteiger partial charge in [0.15, 0.2) is 11.6 Å². The zero-order valence-electron chi connectivity index (χ0n) is 15.5. The normalized spacial score (nSPS) is 15.4. The van der Waals surface area contributed by atoms with E-state index in [1.54, 1.807) is 18.2 Å². The molecule has 0 unspecified atom stereocenters. The van der Waals surface area contributed by atoms with Crippen LogP contribution in [0, 0.1) is 11.6 Å². The molecule has 0 spiro atoms. The number of methoxy groups -OCH3 is 1. The maximum atomic E-state index is 14.3. The fourth-order valence-corrected chi connectivity index (χ4v) is 3.08. The first-order valence-corrected chi connectivity index (χ1v) is 8.76. The number of piperidine rings is 1. The van der Waals surface area contributed by atoms with Crippen LogP contribution in [0.15, 0.2) is 42.5 Å². The van der Waals surface area contributed by atoms with Gasteiger partial charge in [0.1, 0.15) is 18.0 Å². The van der Waals surface area contributed by atoms with Crippen LogP contribution in [-0.2, 0) is 16.1 Å². The minimum atomic E-state index is -0.908. The predicted molar refractivity (Wildman–Crippen MR) is 105 cm³/mol. The number of anilines is 1. The highest BCUT2D eigenvalue weighted by atomic mass is 35.5. The number of nitrogens with one attached hydrogen (secondary N) is 2. The summed E-state index contributed by atoms with van der Waals surface area (Å²) in [5, 5.41) is 5.90. The molecular weight excluding hydrogens is 390 g/mol. The zero-order chi connectivity index (χ0) is 19.3. The topological polar surface area (TPSA) is 59.6 Å². The van der Waals surface area contributed by atoms with Crippen molar-refractivity contribution in [2.75, 3.05) is 25.5 Å². The van der Waals surface area contributed by atoms with Crippen molar-refractivity contribution in [3.05, 3.63) is 59.7 Å². The van der Waals surface area contributed by atoms with Crippen LogP contribution in [0.2, 0.25) is 0 Å². The van der Waals surface area contributed by atoms with E-state index in [1.807, 2.05) is 0 Å². The van der Waals surface area contributed by atoms with Crippen molar-refractivity contribution in [3.8, 4) is 5.75 Å². The number of ether oxygens (including phenoxy) is 2. The van der Waals surface area contributed by atoms with E-state index in [1.165, 1.54) is 31.4 Å². The number of hydrogen-bond acceptors (Lipinski definition) is 4. The Labute approximate surface area is 168 Å². The number of halogens is 3. The average molecular weight is 413 g/mol. The third-order valence-electron chi connectivity index (χ3n) is 4.69. The minimum Gasteiger partial charge on any atom is -0.486 e. The molecule has 0 aliphatic carbocycles. The molecular formula is C20H23ClF2N2O3. The van der Waals surface area contributed by atoms with Crippen LogP contribution in [-0.4, -0.2) is 31.7 Å². The lowest BCUT2D eigenvalue weighted by Gasteiger charge is -2.34. The fourth-order valence-electron chi connectivity index (χ4n) is 3.08. The van der Waals surface area contributed by atoms with Gasteiger partial charge in [-0.25, -0.2) is 8.78 Å². The lowest BCUT2D eigenvalue weighted by atomic mass is 9.91. The van der Waals surface area contributed by atoms with Crippen LogP contribution in [0.1, 0.15) is 18.4 Å². The molecule has 28 heavy (non-hydrogen) atoms. The number of carbonyl (C=O) groups is 1. The van der Waals surface area contributed by atoms with Gasteiger partial charge in [-0.3, -0.25) is 4.79 Å². The minimum absolute atomic E-state index is 0. The van der Waals surface area contributed by atoms with Crippen LogP contribution in [0.4, 0.5) is 14.5 Å². The van der Waals surface area contributed by atoms with Gasteiger partial charge in [-0.2, -0.15) is 0 Å². The predicted octanol–water partition coefficient (Wildman–Crippen LogP) is 3.67. The first kappa shape index (κ1) is 22.1. The second-order valence-electron chi connectivity index (χ2n) is 6.47. The SMILES string of the molecule is COC1(C(=O)Nc2ccc(OCc3cccc(F)c3)c(F)c2)CCNCC1.Cl. The van der Waals surface area contributed by atoms with E-state index in [2.05, 4.69) is 10.6 Å². The maximum Gasteiger partial charge on any atom is 0.256 e. The van der Waals surface area contributed by atoms with Crippen LogP contribution in [0.25, 0.3) is 0 Å². The molecule has 0 radical (unpaired) electrons. The van der Waals surface area contributed by atoms with E-state index in [4.69, 9.17) is 9.47 Å². The van der Waals surface area contributed by atoms with Gasteiger partial charge in [-0.1, -0.05) is 12.1 Å². The number of amides is 1. The Kier molecular flexibility index (Phi) is 7.74. The van der Waals surface area contributed by atoms with E-state index in [0.717, 1.165) is 0 Å². The quantitative estimate of drug-likeness (QED) is 0.760. The van der Waals surface area contributed by atoms with Gasteiger partial charge in [-0.15, -0.1) is 12.4 Å². The van der Waals surface area contributed by atoms with Gasteiger partial charge < -0.3 is 20.1 Å². The smallest absolute Gasteiger partial charge is 0.256 e. The third-order valence-corrected chi connectivity index (χ3v) is 4.69. The van der Waals surface area contributed by atoms with Gasteiger partial charge in [-0.05, 0) is 55.8 Å². The number of rotatable bonds is 6. The molecule has 2 aromatic carbocycles. The average Bonchev–Trinajstić information content (AvgIpc) is 2.68. The summed E-state index contributed by atoms with van der Waals surface area (Å²) in [5.41, 5.74) is 0.0131. The van der Waals surface area contributed by atoms with Crippen molar-refractivity contribution >= 4 is 24.0 Å². The molecule has 0 aromatic heterocycles. The molecule has 1 aliphatic rings. The maximum absolute atomic E-state index is 14.3. The molecule has 2 aromatic rings. The van der Waals surface area contributed by atoms with Gasteiger partial charge in [0, 0.05) is 18.9 Å². The molecule has 1 saturated heterocycles. The van der Waals surface area contributed by atoms with Gasteiger partial charge in [0.25, 0.3) is 5.91 Å². The molecule has 5 nitrogen and oxygen atoms in total. The molecule has 1 amide bonds. The van der Waals surface area contributed by atoms with Crippen LogP contribution < -0.4 is 15.4 Å². The molecule has 1 aliphatic heterocycles. The highest BCUT2D eigenvalue weighted by Gasteiger charge is 2.39. The molecule has 0 bridgehead atoms. The standard InChI is InChI=1S/C20H22F2N2O3.ClH/c1-26-20(7-9-23-10-8-20)19(25)24-16-5-6-18(17(22)12-16)27-13-14-3-2-4-15(21)11-14;/h2-6,11-12,23H,7-10,13H2,1H3,(H,24,25);1H. The molecule has 1 fully saturated rings. The highest BCUT2D eigenvalue weighted by Crippen LogP contribution is 2.27. The molecule has 152 valence electrons. The second kappa shape index (κ2) is 9.82. The number of hydrogen-bond donors (Lipinski definition) is 2. The van der Waals surface area contributed by atoms with Gasteiger partial charge in [0.2, 0.25) is 0 Å². The molecule has 0 saturated carbocycles. The lowest BCUT2D eigenvalue weighted by molar-refractivity contribution is -0.140. The summed E-state index contributed by atoms with van der Waals surface area (Å²) >= 11 is 0. The van der Waals surface area contributed by atoms with Crippen LogP contribution in [0.5, 0.6) is 5.75 Å². The first-order chi connectivity index (χ1) is 13.0. The van der Waals surface area contributed by atoms with Crippen molar-refractivity contribution in [2.24, 2.45) is 0 Å². The van der Waals surface area contributed by atoms with Crippen LogP contribution >= 0.6 is 12.4 Å². The summed E-state index contributed by atoms with van der Waals surface area (Å²) in [6, 6.07) is 10.1. The van der Waals surface area contributed by atoms with E-state index in [0.29, 0.717) is 37.2 Å². The van der Waals surface area contributed by atoms with Gasteiger partial charge in [0.05, 0.1) is 0 Å². The summed E-state index contributed by atoms with van der Waals surface area (Å²) in [6.45, 7) is 1.41. The van der Waals surface area contributed by atoms with E-state index in [-0.39, 0.29) is 36.5 Å². The van der Waals surface area contributed by atoms with Gasteiger partial charge >= 0.3 is 0 Å². The molecule has 1 heterocycles. The third kappa shape index (κ3) is 5.19. The van der Waals surface area contributed by atoms with E-state index >= 15 is 0 Å². The Morgan fingerprint density at radius 3 is 2.57 bits per heavy atom. The Hall–Kier alpha value is -2.22. The highest BCUT2D eigenvalue weighted by molar-refractivity contribution is 5.97. The summed E-state index contributed by atoms with van der Waals surface area (Å²) < 4.78 is 38.4. The van der Waals surface area contributed by atoms with Crippen molar-refractivity contribution in [1.29, 1.82) is 0 Å². The summed E-state index contributed by atoms with van der Waals surface area (Å²) in [7, 11) is 1.51. The van der Waals surface area contributed by atoms with E-state index < -0.39 is 11.4 Å². The lowest BCUT2D eigenvalue weighted by Crippen LogP contribution is -2.51. The monoisotopic (exact) mass is 412 g/mol. The van der Waals surface area contributed by atoms with Crippen molar-refractivity contribution in [1.82, 2.24) is 5.32 Å². The summed E-state index contributed by atoms with van der Waals surface area (Å²) in [5.74, 6) is -1.25. The Balaban J connectivity index is 0.00000280. The zero-order valence-corrected chi connectivity index (χ0v) is 16.3. The molecule has 0 atom stereocenters. The molecule has 8 heteroatoms. The van der Waals surface area contributed by atoms with Crippen molar-refractivity contribution in [2.45, 2.75) is 25.0 Å². The molecule has 2 N–H and O–H groups in total. The first-order valence-electron chi connectivity index (χ1n) is 8.76. The summed E-state index contributed by atoms with van der Waals surface area (Å²) in [4.78, 5) is 12.6. The Morgan fingerprint density at radius 2 is 1.93 bits per heavy atom. The fraction of sp³-hybridized carbons (Fsp3) is 0.350. The van der Waals surface area contributed by atoms with Crippen molar-refractivity contribution < 1.29 is 23.0 Å². The second-order valence-corrected chi connectivity index (χ2v) is 6.47. The number of carbonyl (C=O) groups excluding carboxylic acids is 1.